The maximum atomic E-state index is 12.8. The standard InChI is InChI=1S/C20H23N3O5S/c24-17-10-8-16(9-11-17)22-19(25)13-21-20(26)15-5-4-12-23(14-15)29(27,28)18-6-2-1-3-7-18/h1-3,6-11,15,24H,4-5,12-14H2,(H,21,26)(H,22,25)/t15-/m1/s1. The van der Waals surface area contributed by atoms with E-state index < -0.39 is 21.8 Å². The average Bonchev–Trinajstić information content (AvgIpc) is 2.74. The summed E-state index contributed by atoms with van der Waals surface area (Å²) in [6, 6.07) is 14.1. The molecule has 3 N–H and O–H groups in total. The minimum absolute atomic E-state index is 0.0860. The lowest BCUT2D eigenvalue weighted by Crippen LogP contribution is -2.46. The third-order valence-electron chi connectivity index (χ3n) is 4.71. The van der Waals surface area contributed by atoms with Crippen LogP contribution in [-0.4, -0.2) is 49.3 Å². The Kier molecular flexibility index (Phi) is 6.50. The Labute approximate surface area is 169 Å². The molecule has 0 saturated carbocycles. The maximum absolute atomic E-state index is 12.8. The molecule has 3 rings (SSSR count). The zero-order chi connectivity index (χ0) is 20.9. The molecule has 9 heteroatoms. The Hall–Kier alpha value is -2.91. The highest BCUT2D eigenvalue weighted by molar-refractivity contribution is 7.89. The minimum atomic E-state index is -3.65. The number of sulfonamides is 1. The van der Waals surface area contributed by atoms with Crippen molar-refractivity contribution in [1.82, 2.24) is 9.62 Å². The van der Waals surface area contributed by atoms with Gasteiger partial charge in [-0.25, -0.2) is 8.42 Å². The molecule has 2 aromatic rings. The molecule has 1 saturated heterocycles. The van der Waals surface area contributed by atoms with Crippen LogP contribution in [0.3, 0.4) is 0 Å². The molecule has 2 amide bonds. The Morgan fingerprint density at radius 1 is 1.07 bits per heavy atom. The van der Waals surface area contributed by atoms with Gasteiger partial charge < -0.3 is 15.7 Å². The number of phenolic OH excluding ortho intramolecular Hbond substituents is 1. The lowest BCUT2D eigenvalue weighted by Gasteiger charge is -2.31. The van der Waals surface area contributed by atoms with E-state index in [0.717, 1.165) is 0 Å². The van der Waals surface area contributed by atoms with Gasteiger partial charge >= 0.3 is 0 Å². The lowest BCUT2D eigenvalue weighted by atomic mass is 9.99. The summed E-state index contributed by atoms with van der Waals surface area (Å²) in [5, 5.41) is 14.4. The molecule has 0 bridgehead atoms. The molecular weight excluding hydrogens is 394 g/mol. The van der Waals surface area contributed by atoms with Crippen molar-refractivity contribution >= 4 is 27.5 Å². The first-order valence-corrected chi connectivity index (χ1v) is 10.7. The predicted molar refractivity (Wildman–Crippen MR) is 108 cm³/mol. The zero-order valence-electron chi connectivity index (χ0n) is 15.7. The van der Waals surface area contributed by atoms with Crippen molar-refractivity contribution in [2.75, 3.05) is 25.0 Å². The highest BCUT2D eigenvalue weighted by Gasteiger charge is 2.33. The molecule has 2 aromatic carbocycles. The first kappa shape index (κ1) is 20.8. The van der Waals surface area contributed by atoms with Gasteiger partial charge in [0.25, 0.3) is 0 Å². The monoisotopic (exact) mass is 417 g/mol. The van der Waals surface area contributed by atoms with Crippen LogP contribution in [0.4, 0.5) is 5.69 Å². The SMILES string of the molecule is O=C(CNC(=O)[C@@H]1CCCN(S(=O)(=O)c2ccccc2)C1)Nc1ccc(O)cc1. The van der Waals surface area contributed by atoms with Crippen LogP contribution in [0.1, 0.15) is 12.8 Å². The number of rotatable bonds is 6. The van der Waals surface area contributed by atoms with Crippen LogP contribution in [0.25, 0.3) is 0 Å². The summed E-state index contributed by atoms with van der Waals surface area (Å²) in [6.07, 6.45) is 1.13. The lowest BCUT2D eigenvalue weighted by molar-refractivity contribution is -0.128. The van der Waals surface area contributed by atoms with Gasteiger partial charge in [-0.2, -0.15) is 4.31 Å². The number of hydrogen-bond donors (Lipinski definition) is 3. The number of aromatic hydroxyl groups is 1. The number of piperidine rings is 1. The van der Waals surface area contributed by atoms with Gasteiger partial charge in [-0.1, -0.05) is 18.2 Å². The quantitative estimate of drug-likeness (QED) is 0.617. The molecule has 1 atom stereocenters. The Morgan fingerprint density at radius 2 is 1.76 bits per heavy atom. The van der Waals surface area contributed by atoms with Gasteiger partial charge in [-0.05, 0) is 49.2 Å². The summed E-state index contributed by atoms with van der Waals surface area (Å²) >= 11 is 0. The van der Waals surface area contributed by atoms with E-state index in [-0.39, 0.29) is 29.6 Å². The largest absolute Gasteiger partial charge is 0.508 e. The fourth-order valence-corrected chi connectivity index (χ4v) is 4.72. The van der Waals surface area contributed by atoms with Crippen molar-refractivity contribution in [3.05, 3.63) is 54.6 Å². The van der Waals surface area contributed by atoms with Gasteiger partial charge in [0.15, 0.2) is 0 Å². The molecule has 0 radical (unpaired) electrons. The van der Waals surface area contributed by atoms with E-state index in [1.165, 1.54) is 28.6 Å². The average molecular weight is 417 g/mol. The Bertz CT molecular complexity index is 961. The third kappa shape index (κ3) is 5.33. The van der Waals surface area contributed by atoms with Crippen LogP contribution in [0.15, 0.2) is 59.5 Å². The molecule has 8 nitrogen and oxygen atoms in total. The van der Waals surface area contributed by atoms with E-state index in [1.54, 1.807) is 30.3 Å². The summed E-state index contributed by atoms with van der Waals surface area (Å²) in [4.78, 5) is 24.7. The van der Waals surface area contributed by atoms with Crippen LogP contribution in [-0.2, 0) is 19.6 Å². The highest BCUT2D eigenvalue weighted by Crippen LogP contribution is 2.23. The van der Waals surface area contributed by atoms with Gasteiger partial charge in [0.05, 0.1) is 17.4 Å². The second-order valence-electron chi connectivity index (χ2n) is 6.83. The van der Waals surface area contributed by atoms with Gasteiger partial charge in [0.1, 0.15) is 5.75 Å². The second-order valence-corrected chi connectivity index (χ2v) is 8.77. The molecule has 0 aliphatic carbocycles. The molecular formula is C20H23N3O5S. The zero-order valence-corrected chi connectivity index (χ0v) is 16.6. The van der Waals surface area contributed by atoms with Crippen molar-refractivity contribution < 1.29 is 23.1 Å². The molecule has 1 fully saturated rings. The molecule has 1 aliphatic rings. The van der Waals surface area contributed by atoms with Crippen molar-refractivity contribution in [3.63, 3.8) is 0 Å². The van der Waals surface area contributed by atoms with Crippen molar-refractivity contribution in [1.29, 1.82) is 0 Å². The number of benzene rings is 2. The van der Waals surface area contributed by atoms with Crippen LogP contribution in [0, 0.1) is 5.92 Å². The number of nitrogens with one attached hydrogen (secondary N) is 2. The van der Waals surface area contributed by atoms with E-state index in [1.807, 2.05) is 0 Å². The van der Waals surface area contributed by atoms with E-state index in [9.17, 15) is 23.1 Å². The van der Waals surface area contributed by atoms with Gasteiger partial charge in [-0.15, -0.1) is 0 Å². The number of amides is 2. The van der Waals surface area contributed by atoms with Crippen LogP contribution in [0.5, 0.6) is 5.75 Å². The van der Waals surface area contributed by atoms with Gasteiger partial charge in [0.2, 0.25) is 21.8 Å². The van der Waals surface area contributed by atoms with Crippen LogP contribution < -0.4 is 10.6 Å². The number of hydrogen-bond acceptors (Lipinski definition) is 5. The van der Waals surface area contributed by atoms with Crippen molar-refractivity contribution in [2.24, 2.45) is 5.92 Å². The number of phenols is 1. The van der Waals surface area contributed by atoms with Crippen molar-refractivity contribution in [3.8, 4) is 5.75 Å². The summed E-state index contributed by atoms with van der Waals surface area (Å²) in [5.41, 5.74) is 0.500. The number of anilines is 1. The smallest absolute Gasteiger partial charge is 0.243 e. The topological polar surface area (TPSA) is 116 Å². The molecule has 1 aliphatic heterocycles. The molecule has 0 unspecified atom stereocenters. The molecule has 0 spiro atoms. The third-order valence-corrected chi connectivity index (χ3v) is 6.59. The summed E-state index contributed by atoms with van der Waals surface area (Å²) in [6.45, 7) is 0.229. The van der Waals surface area contributed by atoms with Crippen LogP contribution >= 0.6 is 0 Å². The van der Waals surface area contributed by atoms with E-state index in [2.05, 4.69) is 10.6 Å². The van der Waals surface area contributed by atoms with E-state index in [4.69, 9.17) is 0 Å². The fourth-order valence-electron chi connectivity index (χ4n) is 3.18. The summed E-state index contributed by atoms with van der Waals surface area (Å²) < 4.78 is 26.8. The summed E-state index contributed by atoms with van der Waals surface area (Å²) in [5.74, 6) is -1.18. The molecule has 154 valence electrons. The van der Waals surface area contributed by atoms with Crippen molar-refractivity contribution in [2.45, 2.75) is 17.7 Å². The van der Waals surface area contributed by atoms with Gasteiger partial charge in [-0.3, -0.25) is 9.59 Å². The van der Waals surface area contributed by atoms with E-state index >= 15 is 0 Å². The Balaban J connectivity index is 1.54. The first-order valence-electron chi connectivity index (χ1n) is 9.28. The Morgan fingerprint density at radius 3 is 2.45 bits per heavy atom. The van der Waals surface area contributed by atoms with Crippen LogP contribution in [0.2, 0.25) is 0 Å². The fraction of sp³-hybridized carbons (Fsp3) is 0.300. The summed E-state index contributed by atoms with van der Waals surface area (Å²) in [7, 11) is -3.65. The van der Waals surface area contributed by atoms with E-state index in [0.29, 0.717) is 25.1 Å². The number of carbonyl (C=O) groups is 2. The second kappa shape index (κ2) is 9.06. The minimum Gasteiger partial charge on any atom is -0.508 e. The number of carbonyl (C=O) groups excluding carboxylic acids is 2. The molecule has 0 aromatic heterocycles. The first-order chi connectivity index (χ1) is 13.9. The molecule has 1 heterocycles. The van der Waals surface area contributed by atoms with Gasteiger partial charge in [0, 0.05) is 18.8 Å². The number of nitrogens with zero attached hydrogens (tertiary/aromatic N) is 1. The maximum Gasteiger partial charge on any atom is 0.243 e. The normalized spacial score (nSPS) is 17.4. The predicted octanol–water partition coefficient (Wildman–Crippen LogP) is 1.55. The molecule has 29 heavy (non-hydrogen) atoms. The highest BCUT2D eigenvalue weighted by atomic mass is 32.2.